The predicted molar refractivity (Wildman–Crippen MR) is 80.4 cm³/mol. The predicted octanol–water partition coefficient (Wildman–Crippen LogP) is 4.41. The van der Waals surface area contributed by atoms with Crippen molar-refractivity contribution in [3.63, 3.8) is 0 Å². The standard InChI is InChI=1S/C14H10FNO2S2/c15-10-2-1-3-11-12(10)9(13(20-11)14(17)18)6-16-8-4-5-19-7-8/h1-5,7,16H,6H2,(H,17,18). The van der Waals surface area contributed by atoms with E-state index in [0.29, 0.717) is 22.2 Å². The quantitative estimate of drug-likeness (QED) is 0.750. The highest BCUT2D eigenvalue weighted by Gasteiger charge is 2.19. The van der Waals surface area contributed by atoms with E-state index < -0.39 is 5.97 Å². The van der Waals surface area contributed by atoms with Crippen molar-refractivity contribution in [2.45, 2.75) is 6.54 Å². The number of hydrogen-bond donors (Lipinski definition) is 2. The van der Waals surface area contributed by atoms with Crippen molar-refractivity contribution in [1.82, 2.24) is 0 Å². The second kappa shape index (κ2) is 5.22. The number of carbonyl (C=O) groups is 1. The van der Waals surface area contributed by atoms with Crippen LogP contribution in [0.3, 0.4) is 0 Å². The minimum Gasteiger partial charge on any atom is -0.477 e. The van der Waals surface area contributed by atoms with E-state index in [1.54, 1.807) is 23.5 Å². The first-order valence-electron chi connectivity index (χ1n) is 5.86. The molecule has 0 radical (unpaired) electrons. The Morgan fingerprint density at radius 2 is 2.20 bits per heavy atom. The molecular formula is C14H10FNO2S2. The number of thiophene rings is 2. The van der Waals surface area contributed by atoms with Gasteiger partial charge in [0.1, 0.15) is 10.7 Å². The van der Waals surface area contributed by atoms with Gasteiger partial charge in [-0.05, 0) is 23.6 Å². The maximum absolute atomic E-state index is 14.0. The first-order valence-corrected chi connectivity index (χ1v) is 7.62. The number of carboxylic acid groups (broad SMARTS) is 1. The minimum absolute atomic E-state index is 0.188. The number of anilines is 1. The monoisotopic (exact) mass is 307 g/mol. The lowest BCUT2D eigenvalue weighted by molar-refractivity contribution is 0.0701. The van der Waals surface area contributed by atoms with E-state index in [2.05, 4.69) is 5.32 Å². The maximum atomic E-state index is 14.0. The van der Waals surface area contributed by atoms with Crippen molar-refractivity contribution < 1.29 is 14.3 Å². The third-order valence-corrected chi connectivity index (χ3v) is 4.82. The highest BCUT2D eigenvalue weighted by atomic mass is 32.1. The highest BCUT2D eigenvalue weighted by Crippen LogP contribution is 2.33. The fraction of sp³-hybridized carbons (Fsp3) is 0.0714. The number of aromatic carboxylic acids is 1. The average Bonchev–Trinajstić information content (AvgIpc) is 3.03. The summed E-state index contributed by atoms with van der Waals surface area (Å²) in [5.41, 5.74) is 1.41. The number of fused-ring (bicyclic) bond motifs is 1. The lowest BCUT2D eigenvalue weighted by Crippen LogP contribution is -2.04. The molecule has 0 amide bonds. The number of hydrogen-bond acceptors (Lipinski definition) is 4. The van der Waals surface area contributed by atoms with Crippen molar-refractivity contribution >= 4 is 44.4 Å². The summed E-state index contributed by atoms with van der Waals surface area (Å²) in [6, 6.07) is 6.59. The van der Waals surface area contributed by atoms with Gasteiger partial charge in [-0.2, -0.15) is 11.3 Å². The Balaban J connectivity index is 2.06. The van der Waals surface area contributed by atoms with Gasteiger partial charge < -0.3 is 10.4 Å². The van der Waals surface area contributed by atoms with E-state index in [1.807, 2.05) is 16.8 Å². The topological polar surface area (TPSA) is 49.3 Å². The first kappa shape index (κ1) is 13.1. The second-order valence-corrected chi connectivity index (χ2v) is 6.03. The summed E-state index contributed by atoms with van der Waals surface area (Å²) in [5, 5.41) is 16.7. The molecule has 2 N–H and O–H groups in total. The Kier molecular flexibility index (Phi) is 3.42. The van der Waals surface area contributed by atoms with Crippen LogP contribution in [0.25, 0.3) is 10.1 Å². The van der Waals surface area contributed by atoms with Gasteiger partial charge in [0.25, 0.3) is 0 Å². The van der Waals surface area contributed by atoms with Crippen molar-refractivity contribution in [1.29, 1.82) is 0 Å². The maximum Gasteiger partial charge on any atom is 0.346 e. The van der Waals surface area contributed by atoms with Crippen LogP contribution >= 0.6 is 22.7 Å². The summed E-state index contributed by atoms with van der Waals surface area (Å²) in [6.07, 6.45) is 0. The van der Waals surface area contributed by atoms with E-state index in [1.165, 1.54) is 6.07 Å². The molecule has 0 atom stereocenters. The molecule has 102 valence electrons. The van der Waals surface area contributed by atoms with Gasteiger partial charge in [0.2, 0.25) is 0 Å². The molecule has 3 nitrogen and oxygen atoms in total. The summed E-state index contributed by atoms with van der Waals surface area (Å²) < 4.78 is 14.6. The van der Waals surface area contributed by atoms with Crippen LogP contribution in [-0.2, 0) is 6.54 Å². The fourth-order valence-electron chi connectivity index (χ4n) is 2.06. The van der Waals surface area contributed by atoms with Crippen molar-refractivity contribution in [3.05, 3.63) is 51.3 Å². The third kappa shape index (κ3) is 2.28. The summed E-state index contributed by atoms with van der Waals surface area (Å²) in [7, 11) is 0. The van der Waals surface area contributed by atoms with Crippen molar-refractivity contribution in [2.75, 3.05) is 5.32 Å². The molecule has 0 bridgehead atoms. The molecule has 0 aliphatic carbocycles. The Morgan fingerprint density at radius 3 is 2.90 bits per heavy atom. The van der Waals surface area contributed by atoms with E-state index in [-0.39, 0.29) is 10.7 Å². The van der Waals surface area contributed by atoms with Crippen LogP contribution in [-0.4, -0.2) is 11.1 Å². The number of nitrogens with one attached hydrogen (secondary N) is 1. The van der Waals surface area contributed by atoms with Crippen LogP contribution in [0.1, 0.15) is 15.2 Å². The molecule has 0 unspecified atom stereocenters. The number of carboxylic acids is 1. The van der Waals surface area contributed by atoms with Crippen molar-refractivity contribution in [2.24, 2.45) is 0 Å². The normalized spacial score (nSPS) is 10.8. The van der Waals surface area contributed by atoms with Crippen LogP contribution in [0.5, 0.6) is 0 Å². The highest BCUT2D eigenvalue weighted by molar-refractivity contribution is 7.21. The Labute approximate surface area is 122 Å². The van der Waals surface area contributed by atoms with Crippen molar-refractivity contribution in [3.8, 4) is 0 Å². The fourth-order valence-corrected chi connectivity index (χ4v) is 3.75. The molecule has 0 fully saturated rings. The average molecular weight is 307 g/mol. The summed E-state index contributed by atoms with van der Waals surface area (Å²) in [5.74, 6) is -1.40. The van der Waals surface area contributed by atoms with Crippen LogP contribution in [0.15, 0.2) is 35.0 Å². The van der Waals surface area contributed by atoms with Gasteiger partial charge in [-0.25, -0.2) is 9.18 Å². The van der Waals surface area contributed by atoms with Gasteiger partial charge in [-0.15, -0.1) is 11.3 Å². The lowest BCUT2D eigenvalue weighted by atomic mass is 10.1. The molecule has 0 aliphatic rings. The molecule has 0 aliphatic heterocycles. The van der Waals surface area contributed by atoms with Gasteiger partial charge in [-0.1, -0.05) is 6.07 Å². The zero-order chi connectivity index (χ0) is 14.1. The zero-order valence-electron chi connectivity index (χ0n) is 10.2. The smallest absolute Gasteiger partial charge is 0.346 e. The summed E-state index contributed by atoms with van der Waals surface area (Å²) >= 11 is 2.65. The molecule has 3 rings (SSSR count). The Bertz CT molecular complexity index is 765. The van der Waals surface area contributed by atoms with Crippen LogP contribution < -0.4 is 5.32 Å². The molecule has 0 spiro atoms. The SMILES string of the molecule is O=C(O)c1sc2cccc(F)c2c1CNc1ccsc1. The molecule has 2 heterocycles. The zero-order valence-corrected chi connectivity index (χ0v) is 11.9. The Morgan fingerprint density at radius 1 is 1.35 bits per heavy atom. The molecule has 20 heavy (non-hydrogen) atoms. The Hall–Kier alpha value is -1.92. The molecule has 0 saturated carbocycles. The van der Waals surface area contributed by atoms with Crippen LogP contribution in [0.4, 0.5) is 10.1 Å². The number of rotatable bonds is 4. The first-order chi connectivity index (χ1) is 9.66. The van der Waals surface area contributed by atoms with E-state index in [0.717, 1.165) is 17.0 Å². The molecule has 6 heteroatoms. The number of benzene rings is 1. The third-order valence-electron chi connectivity index (χ3n) is 2.95. The molecule has 3 aromatic rings. The van der Waals surface area contributed by atoms with E-state index in [9.17, 15) is 14.3 Å². The second-order valence-electron chi connectivity index (χ2n) is 4.19. The van der Waals surface area contributed by atoms with Gasteiger partial charge in [-0.3, -0.25) is 0 Å². The molecule has 0 saturated heterocycles. The van der Waals surface area contributed by atoms with Crippen LogP contribution in [0, 0.1) is 5.82 Å². The molecular weight excluding hydrogens is 297 g/mol. The van der Waals surface area contributed by atoms with Gasteiger partial charge in [0.05, 0.1) is 0 Å². The minimum atomic E-state index is -1.02. The summed E-state index contributed by atoms with van der Waals surface area (Å²) in [6.45, 7) is 0.291. The molecule has 1 aromatic carbocycles. The van der Waals surface area contributed by atoms with Gasteiger partial charge in [0.15, 0.2) is 0 Å². The van der Waals surface area contributed by atoms with Gasteiger partial charge in [0, 0.05) is 33.3 Å². The summed E-state index contributed by atoms with van der Waals surface area (Å²) in [4.78, 5) is 11.5. The lowest BCUT2D eigenvalue weighted by Gasteiger charge is -2.05. The van der Waals surface area contributed by atoms with Crippen LogP contribution in [0.2, 0.25) is 0 Å². The molecule has 2 aromatic heterocycles. The van der Waals surface area contributed by atoms with E-state index >= 15 is 0 Å². The van der Waals surface area contributed by atoms with Gasteiger partial charge >= 0.3 is 5.97 Å². The largest absolute Gasteiger partial charge is 0.477 e. The van der Waals surface area contributed by atoms with E-state index in [4.69, 9.17) is 0 Å². The number of halogens is 1.